The van der Waals surface area contributed by atoms with E-state index in [9.17, 15) is 9.59 Å². The van der Waals surface area contributed by atoms with E-state index in [1.807, 2.05) is 0 Å². The summed E-state index contributed by atoms with van der Waals surface area (Å²) in [6, 6.07) is 12.9. The molecule has 0 bridgehead atoms. The van der Waals surface area contributed by atoms with Gasteiger partial charge in [-0.05, 0) is 36.4 Å². The van der Waals surface area contributed by atoms with Crippen LogP contribution in [0, 0.1) is 0 Å². The van der Waals surface area contributed by atoms with Crippen LogP contribution in [0.2, 0.25) is 0 Å². The average molecular weight is 335 g/mol. The zero-order chi connectivity index (χ0) is 17.6. The number of furan rings is 1. The normalized spacial score (nSPS) is 10.7. The maximum Gasteiger partial charge on any atom is 0.335 e. The third-order valence-corrected chi connectivity index (χ3v) is 3.34. The van der Waals surface area contributed by atoms with Crippen LogP contribution in [0.3, 0.4) is 0 Å². The molecule has 7 heteroatoms. The van der Waals surface area contributed by atoms with Gasteiger partial charge in [-0.2, -0.15) is 5.10 Å². The van der Waals surface area contributed by atoms with Crippen molar-refractivity contribution in [1.29, 1.82) is 0 Å². The molecule has 1 amide bonds. The molecule has 3 aromatic rings. The Labute approximate surface area is 142 Å². The predicted octanol–water partition coefficient (Wildman–Crippen LogP) is 2.80. The molecular weight excluding hydrogens is 322 g/mol. The first kappa shape index (κ1) is 16.1. The standard InChI is InChI=1S/C18H13N3O4/c22-17(13-7-9-19-10-8-13)21-20-11-15-5-6-16(25-15)12-1-3-14(4-2-12)18(23)24/h1-11H,(H,21,22)(H,23,24)/b20-11+. The molecule has 0 saturated heterocycles. The smallest absolute Gasteiger partial charge is 0.335 e. The molecule has 0 aliphatic heterocycles. The van der Waals surface area contributed by atoms with Crippen molar-refractivity contribution in [3.05, 3.63) is 77.8 Å². The number of carboxylic acids is 1. The van der Waals surface area contributed by atoms with Crippen molar-refractivity contribution in [3.8, 4) is 11.3 Å². The van der Waals surface area contributed by atoms with Gasteiger partial charge < -0.3 is 9.52 Å². The Hall–Kier alpha value is -3.74. The van der Waals surface area contributed by atoms with Crippen LogP contribution in [0.5, 0.6) is 0 Å². The number of nitrogens with one attached hydrogen (secondary N) is 1. The number of rotatable bonds is 5. The van der Waals surface area contributed by atoms with Crippen LogP contribution >= 0.6 is 0 Å². The molecule has 7 nitrogen and oxygen atoms in total. The topological polar surface area (TPSA) is 105 Å². The highest BCUT2D eigenvalue weighted by Crippen LogP contribution is 2.22. The van der Waals surface area contributed by atoms with Gasteiger partial charge in [-0.25, -0.2) is 10.2 Å². The van der Waals surface area contributed by atoms with Gasteiger partial charge in [-0.15, -0.1) is 0 Å². The molecule has 0 radical (unpaired) electrons. The molecule has 0 aliphatic carbocycles. The summed E-state index contributed by atoms with van der Waals surface area (Å²) in [4.78, 5) is 26.5. The van der Waals surface area contributed by atoms with Gasteiger partial charge in [-0.3, -0.25) is 9.78 Å². The maximum absolute atomic E-state index is 11.8. The molecule has 0 atom stereocenters. The Balaban J connectivity index is 1.65. The SMILES string of the molecule is O=C(O)c1ccc(-c2ccc(/C=N/NC(=O)c3ccncc3)o2)cc1. The molecular formula is C18H13N3O4. The molecule has 2 aromatic heterocycles. The Morgan fingerprint density at radius 2 is 1.72 bits per heavy atom. The van der Waals surface area contributed by atoms with E-state index in [1.165, 1.54) is 30.7 Å². The van der Waals surface area contributed by atoms with E-state index in [2.05, 4.69) is 15.5 Å². The second kappa shape index (κ2) is 7.22. The molecule has 124 valence electrons. The Morgan fingerprint density at radius 3 is 2.40 bits per heavy atom. The van der Waals surface area contributed by atoms with E-state index < -0.39 is 5.97 Å². The number of aromatic nitrogens is 1. The minimum atomic E-state index is -0.983. The third kappa shape index (κ3) is 3.97. The van der Waals surface area contributed by atoms with E-state index in [1.54, 1.807) is 36.4 Å². The van der Waals surface area contributed by atoms with Crippen LogP contribution in [0.4, 0.5) is 0 Å². The summed E-state index contributed by atoms with van der Waals surface area (Å²) < 4.78 is 5.60. The first-order valence-corrected chi connectivity index (χ1v) is 7.30. The molecule has 0 aliphatic rings. The lowest BCUT2D eigenvalue weighted by atomic mass is 10.1. The lowest BCUT2D eigenvalue weighted by Crippen LogP contribution is -2.17. The number of aromatic carboxylic acids is 1. The number of carbonyl (C=O) groups is 2. The second-order valence-corrected chi connectivity index (χ2v) is 5.02. The zero-order valence-corrected chi connectivity index (χ0v) is 12.9. The first-order valence-electron chi connectivity index (χ1n) is 7.30. The van der Waals surface area contributed by atoms with E-state index in [0.29, 0.717) is 17.1 Å². The lowest BCUT2D eigenvalue weighted by molar-refractivity contribution is 0.0696. The molecule has 0 fully saturated rings. The number of hydrazone groups is 1. The summed E-state index contributed by atoms with van der Waals surface area (Å²) in [7, 11) is 0. The highest BCUT2D eigenvalue weighted by Gasteiger charge is 2.07. The number of nitrogens with zero attached hydrogens (tertiary/aromatic N) is 2. The van der Waals surface area contributed by atoms with Gasteiger partial charge in [0.15, 0.2) is 0 Å². The molecule has 2 heterocycles. The first-order chi connectivity index (χ1) is 12.1. The van der Waals surface area contributed by atoms with Crippen LogP contribution in [-0.2, 0) is 0 Å². The lowest BCUT2D eigenvalue weighted by Gasteiger charge is -1.98. The van der Waals surface area contributed by atoms with Crippen LogP contribution in [0.1, 0.15) is 26.5 Å². The molecule has 3 rings (SSSR count). The monoisotopic (exact) mass is 335 g/mol. The minimum Gasteiger partial charge on any atom is -0.478 e. The molecule has 0 saturated carbocycles. The predicted molar refractivity (Wildman–Crippen MR) is 90.4 cm³/mol. The highest BCUT2D eigenvalue weighted by atomic mass is 16.4. The number of hydrogen-bond donors (Lipinski definition) is 2. The summed E-state index contributed by atoms with van der Waals surface area (Å²) in [6.45, 7) is 0. The van der Waals surface area contributed by atoms with Gasteiger partial charge in [-0.1, -0.05) is 12.1 Å². The molecule has 2 N–H and O–H groups in total. The molecule has 0 unspecified atom stereocenters. The molecule has 0 spiro atoms. The number of hydrogen-bond acceptors (Lipinski definition) is 5. The second-order valence-electron chi connectivity index (χ2n) is 5.02. The van der Waals surface area contributed by atoms with Crippen molar-refractivity contribution in [1.82, 2.24) is 10.4 Å². The van der Waals surface area contributed by atoms with E-state index in [0.717, 1.165) is 5.56 Å². The average Bonchev–Trinajstić information content (AvgIpc) is 3.11. The van der Waals surface area contributed by atoms with Crippen LogP contribution in [0.15, 0.2) is 70.4 Å². The summed E-state index contributed by atoms with van der Waals surface area (Å²) in [5.74, 6) is -0.315. The van der Waals surface area contributed by atoms with E-state index in [4.69, 9.17) is 9.52 Å². The maximum atomic E-state index is 11.8. The van der Waals surface area contributed by atoms with Gasteiger partial charge in [0.1, 0.15) is 11.5 Å². The fourth-order valence-electron chi connectivity index (χ4n) is 2.08. The largest absolute Gasteiger partial charge is 0.478 e. The van der Waals surface area contributed by atoms with Crippen molar-refractivity contribution in [2.45, 2.75) is 0 Å². The Morgan fingerprint density at radius 1 is 1.00 bits per heavy atom. The van der Waals surface area contributed by atoms with Crippen LogP contribution in [-0.4, -0.2) is 28.2 Å². The molecule has 1 aromatic carbocycles. The third-order valence-electron chi connectivity index (χ3n) is 3.34. The van der Waals surface area contributed by atoms with Crippen molar-refractivity contribution in [2.75, 3.05) is 0 Å². The number of carbonyl (C=O) groups excluding carboxylic acids is 1. The van der Waals surface area contributed by atoms with Crippen LogP contribution in [0.25, 0.3) is 11.3 Å². The van der Waals surface area contributed by atoms with Gasteiger partial charge in [0, 0.05) is 23.5 Å². The van der Waals surface area contributed by atoms with E-state index >= 15 is 0 Å². The molecule has 25 heavy (non-hydrogen) atoms. The van der Waals surface area contributed by atoms with Crippen molar-refractivity contribution < 1.29 is 19.1 Å². The summed E-state index contributed by atoms with van der Waals surface area (Å²) in [5.41, 5.74) is 3.79. The number of carboxylic acid groups (broad SMARTS) is 1. The fourth-order valence-corrected chi connectivity index (χ4v) is 2.08. The number of amides is 1. The summed E-state index contributed by atoms with van der Waals surface area (Å²) in [5, 5.41) is 12.7. The Bertz CT molecular complexity index is 915. The van der Waals surface area contributed by atoms with Crippen molar-refractivity contribution in [2.24, 2.45) is 5.10 Å². The van der Waals surface area contributed by atoms with Crippen LogP contribution < -0.4 is 5.43 Å². The summed E-state index contributed by atoms with van der Waals surface area (Å²) in [6.07, 6.45) is 4.42. The summed E-state index contributed by atoms with van der Waals surface area (Å²) >= 11 is 0. The van der Waals surface area contributed by atoms with Crippen molar-refractivity contribution in [3.63, 3.8) is 0 Å². The minimum absolute atomic E-state index is 0.205. The zero-order valence-electron chi connectivity index (χ0n) is 12.9. The number of benzene rings is 1. The highest BCUT2D eigenvalue weighted by molar-refractivity contribution is 5.94. The Kier molecular flexibility index (Phi) is 4.66. The quantitative estimate of drug-likeness (QED) is 0.551. The van der Waals surface area contributed by atoms with E-state index in [-0.39, 0.29) is 11.5 Å². The van der Waals surface area contributed by atoms with Gasteiger partial charge in [0.05, 0.1) is 11.8 Å². The fraction of sp³-hybridized carbons (Fsp3) is 0. The van der Waals surface area contributed by atoms with Crippen molar-refractivity contribution >= 4 is 18.1 Å². The van der Waals surface area contributed by atoms with Gasteiger partial charge in [0.2, 0.25) is 0 Å². The van der Waals surface area contributed by atoms with Gasteiger partial charge in [0.25, 0.3) is 5.91 Å². The number of pyridine rings is 1. The van der Waals surface area contributed by atoms with Gasteiger partial charge >= 0.3 is 5.97 Å².